The summed E-state index contributed by atoms with van der Waals surface area (Å²) in [5.41, 5.74) is 0. The first kappa shape index (κ1) is 130. The second-order valence-electron chi connectivity index (χ2n) is 12.0. The van der Waals surface area contributed by atoms with Crippen LogP contribution in [0.25, 0.3) is 0 Å². The SMILES string of the molecule is C.C=C(O)CN(C[C-]=O)CCN(CCN(C[C-]=O)CC(=O)O)CC(=O)O.CC(=O)CN(CC(=O)O)[C@@H](CC[C-]=O)C(=O)[O-].O=C([O-])CC(NC(CC(=O)O)C(=O)O)C(=O)[O-].O=O.O=O.[Na+].[Na+].[Na+].[Na+].[Na+].[Na+].[Na+].[Na+].[Na+].[Na+].[Na+].[OH3+]. The molecule has 2 unspecified atom stereocenters. The largest absolute Gasteiger partial charge is 1.00 e. The van der Waals surface area contributed by atoms with E-state index in [4.69, 9.17) is 45.4 Å². The summed E-state index contributed by atoms with van der Waals surface area (Å²) < 4.78 is 0. The number of nitrogens with zero attached hydrogens (tertiary/aromatic N) is 4. The van der Waals surface area contributed by atoms with Crippen LogP contribution in [0.4, 0.5) is 0 Å². The van der Waals surface area contributed by atoms with Crippen LogP contribution in [0, 0.1) is 19.9 Å². The molecule has 42 heteroatoms. The molecule has 0 aromatic rings. The van der Waals surface area contributed by atoms with Gasteiger partial charge in [0.25, 0.3) is 0 Å². The van der Waals surface area contributed by atoms with E-state index in [1.54, 1.807) is 22.4 Å². The van der Waals surface area contributed by atoms with Crippen LogP contribution >= 0.6 is 0 Å². The molecule has 0 saturated carbocycles. The van der Waals surface area contributed by atoms with Crippen LogP contribution in [0.2, 0.25) is 0 Å². The summed E-state index contributed by atoms with van der Waals surface area (Å²) in [7, 11) is 0. The van der Waals surface area contributed by atoms with Crippen LogP contribution in [-0.4, -0.2) is 213 Å². The van der Waals surface area contributed by atoms with Gasteiger partial charge in [-0.2, -0.15) is 6.42 Å². The smallest absolute Gasteiger partial charge is 0.550 e. The van der Waals surface area contributed by atoms with Crippen LogP contribution in [0.15, 0.2) is 12.3 Å². The number of carboxylic acid groups (broad SMARTS) is 8. The Hall–Kier alpha value is 3.94. The number of aliphatic hydroxyl groups is 1. The molecule has 0 spiro atoms. The summed E-state index contributed by atoms with van der Waals surface area (Å²) in [6.45, 7) is 3.71. The van der Waals surface area contributed by atoms with E-state index in [0.717, 1.165) is 4.90 Å². The van der Waals surface area contributed by atoms with Crippen molar-refractivity contribution >= 4 is 72.4 Å². The Labute approximate surface area is 681 Å². The molecule has 0 bridgehead atoms. The predicted molar refractivity (Wildman–Crippen MR) is 212 cm³/mol. The third-order valence-electron chi connectivity index (χ3n) is 6.90. The zero-order valence-corrected chi connectivity index (χ0v) is 66.9. The van der Waals surface area contributed by atoms with E-state index in [9.17, 15) is 78.0 Å². The van der Waals surface area contributed by atoms with E-state index in [1.807, 2.05) is 5.32 Å². The Morgan fingerprint density at radius 1 is 0.513 bits per heavy atom. The molecule has 0 aromatic carbocycles. The maximum atomic E-state index is 11.0. The Kier molecular flexibility index (Phi) is 150. The van der Waals surface area contributed by atoms with E-state index in [2.05, 4.69) is 6.58 Å². The quantitative estimate of drug-likeness (QED) is 0.0139. The third-order valence-corrected chi connectivity index (χ3v) is 6.90. The molecule has 10 N–H and O–H groups in total. The summed E-state index contributed by atoms with van der Waals surface area (Å²) >= 11 is 0. The number of carbonyl (C=O) groups is 9. The number of aliphatic hydroxyl groups excluding tert-OH is 1. The molecule has 0 heterocycles. The minimum Gasteiger partial charge on any atom is -0.550 e. The van der Waals surface area contributed by atoms with Crippen molar-refractivity contribution in [2.75, 3.05) is 72.0 Å². The maximum absolute atomic E-state index is 11.0. The fraction of sp³-hybridized carbons (Fsp3) is 0.588. The van der Waals surface area contributed by atoms with Crippen molar-refractivity contribution in [1.29, 1.82) is 0 Å². The molecule has 0 saturated heterocycles. The van der Waals surface area contributed by atoms with E-state index in [-0.39, 0.29) is 428 Å². The van der Waals surface area contributed by atoms with E-state index in [0.29, 0.717) is 0 Å². The topological polar surface area (TPSA) is 522 Å². The number of Topliss-reactive ketones (excluding diaryl/α,β-unsaturated/α-hetero) is 1. The number of aliphatic carboxylic acids is 8. The summed E-state index contributed by atoms with van der Waals surface area (Å²) in [6.07, 6.45) is 2.62. The molecule has 0 amide bonds. The van der Waals surface area contributed by atoms with Crippen molar-refractivity contribution in [2.24, 2.45) is 0 Å². The van der Waals surface area contributed by atoms with Crippen LogP contribution in [-0.2, 0) is 63.0 Å². The second-order valence-corrected chi connectivity index (χ2v) is 12.0. The first-order valence-electron chi connectivity index (χ1n) is 17.0. The molecule has 0 aliphatic carbocycles. The maximum Gasteiger partial charge on any atom is 1.00 e. The van der Waals surface area contributed by atoms with E-state index >= 15 is 0 Å². The summed E-state index contributed by atoms with van der Waals surface area (Å²) in [4.78, 5) is 160. The van der Waals surface area contributed by atoms with Crippen LogP contribution in [0.3, 0.4) is 0 Å². The van der Waals surface area contributed by atoms with Gasteiger partial charge in [0, 0.05) is 64.5 Å². The van der Waals surface area contributed by atoms with E-state index in [1.165, 1.54) is 18.1 Å². The van der Waals surface area contributed by atoms with Gasteiger partial charge in [0.15, 0.2) is 0 Å². The Balaban J connectivity index is -0.0000000377. The molecule has 0 radical (unpaired) electrons. The molecule has 3 atom stereocenters. The molecular formula is C34H52N5Na11O26+6. The molecule has 0 aromatic heterocycles. The second kappa shape index (κ2) is 87.7. The van der Waals surface area contributed by atoms with Crippen molar-refractivity contribution < 1.29 is 434 Å². The van der Waals surface area contributed by atoms with Gasteiger partial charge < -0.3 is 90.0 Å². The number of hydrogen-bond acceptors (Lipinski definition) is 25. The number of hydrogen-bond donors (Lipinski definition) is 7. The van der Waals surface area contributed by atoms with Crippen LogP contribution in [0.5, 0.6) is 0 Å². The van der Waals surface area contributed by atoms with Crippen LogP contribution < -0.4 is 346 Å². The summed E-state index contributed by atoms with van der Waals surface area (Å²) in [5, 5.41) is 85.9. The number of carbonyl (C=O) groups excluding carboxylic acids is 7. The van der Waals surface area contributed by atoms with Crippen molar-refractivity contribution in [3.05, 3.63) is 32.2 Å². The van der Waals surface area contributed by atoms with Crippen molar-refractivity contribution in [3.8, 4) is 0 Å². The minimum absolute atomic E-state index is 0. The molecule has 76 heavy (non-hydrogen) atoms. The first-order valence-corrected chi connectivity index (χ1v) is 17.0. The molecule has 0 rings (SSSR count). The van der Waals surface area contributed by atoms with Gasteiger partial charge in [-0.25, -0.2) is 12.6 Å². The van der Waals surface area contributed by atoms with Gasteiger partial charge in [0.05, 0.1) is 62.9 Å². The Bertz CT molecular complexity index is 1460. The first-order chi connectivity index (χ1) is 29.4. The fourth-order valence-corrected chi connectivity index (χ4v) is 4.48. The molecule has 31 nitrogen and oxygen atoms in total. The zero-order chi connectivity index (χ0) is 50.2. The van der Waals surface area contributed by atoms with Crippen LogP contribution in [0.1, 0.15) is 40.0 Å². The van der Waals surface area contributed by atoms with Gasteiger partial charge in [-0.3, -0.25) is 50.2 Å². The normalized spacial score (nSPS) is 9.49. The van der Waals surface area contributed by atoms with Crippen molar-refractivity contribution in [3.63, 3.8) is 0 Å². The van der Waals surface area contributed by atoms with Gasteiger partial charge in [0.2, 0.25) is 0 Å². The van der Waals surface area contributed by atoms with Crippen molar-refractivity contribution in [2.45, 2.75) is 58.2 Å². The zero-order valence-electron chi connectivity index (χ0n) is 44.9. The van der Waals surface area contributed by atoms with E-state index < -0.39 is 85.3 Å². The summed E-state index contributed by atoms with van der Waals surface area (Å²) in [6, 6.07) is -4.84. The molecule has 0 aliphatic rings. The molecule has 374 valence electrons. The molecule has 0 aliphatic heterocycles. The van der Waals surface area contributed by atoms with Crippen molar-refractivity contribution in [1.82, 2.24) is 24.9 Å². The average Bonchev–Trinajstić information content (AvgIpc) is 3.16. The van der Waals surface area contributed by atoms with Gasteiger partial charge in [0.1, 0.15) is 11.8 Å². The number of nitrogens with one attached hydrogen (secondary N) is 1. The number of rotatable bonds is 33. The Morgan fingerprint density at radius 2 is 0.868 bits per heavy atom. The monoisotopic (exact) mass is 1200 g/mol. The third kappa shape index (κ3) is 89.2. The standard InChI is InChI=1S/C15H23N3O7.C10H14NO6.C8H11NO8.CH4.11Na.2O2.H2O/c1-13(21)10-17(6-8-19)4-2-16(11-14(22)23)3-5-18(7-9-20)12-15(24)25;1-7(13)5-11(6-9(14)15)8(10(16)17)3-2-4-12;10-5(11)1-3(7(14)15)9-4(8(16)17)2-6(12)13;;;;;;;;;;;;;2*1-2;/h21H,1-7,10-12H2,(H,22,23)(H,24,25);8H,2-3,5-6H2,1H3,(H,14,15)(H,16,17);3-4,9H,1-2H2,(H,10,11)(H,12,13)(H,14,15)(H,16,17);1H4;;;;;;;;;;;;;;1H2/q-2;-1;;;11*+1;;;/p-2/t;8-;;;;;;;;;;;;;;;;/m.0................/s1. The minimum atomic E-state index is -1.86. The summed E-state index contributed by atoms with van der Waals surface area (Å²) in [5.74, 6) is -12.1. The average molecular weight is 1200 g/mol. The predicted octanol–water partition coefficient (Wildman–Crippen LogP) is -41.0. The van der Waals surface area contributed by atoms with Gasteiger partial charge in [-0.1, -0.05) is 33.5 Å². The van der Waals surface area contributed by atoms with Gasteiger partial charge >= 0.3 is 355 Å². The number of ketones is 1. The molecule has 0 fully saturated rings. The number of carboxylic acids is 8. The van der Waals surface area contributed by atoms with Gasteiger partial charge in [-0.15, -0.1) is 0 Å². The molecular weight excluding hydrogens is 1150 g/mol. The Morgan fingerprint density at radius 3 is 1.13 bits per heavy atom. The fourth-order valence-electron chi connectivity index (χ4n) is 4.48. The van der Waals surface area contributed by atoms with Gasteiger partial charge in [-0.05, 0) is 6.92 Å².